The highest BCUT2D eigenvalue weighted by Gasteiger charge is 2.20. The maximum atomic E-state index is 12.6. The molecule has 24 heavy (non-hydrogen) atoms. The van der Waals surface area contributed by atoms with Gasteiger partial charge in [0.1, 0.15) is 0 Å². The van der Waals surface area contributed by atoms with Gasteiger partial charge in [-0.25, -0.2) is 17.9 Å². The average molecular weight is 347 g/mol. The summed E-state index contributed by atoms with van der Waals surface area (Å²) in [4.78, 5) is 11.6. The van der Waals surface area contributed by atoms with Crippen LogP contribution in [0.25, 0.3) is 0 Å². The number of rotatable bonds is 5. The molecule has 0 bridgehead atoms. The molecular formula is C18H21NO4S. The Kier molecular flexibility index (Phi) is 5.41. The van der Waals surface area contributed by atoms with E-state index in [1.807, 2.05) is 32.0 Å². The quantitative estimate of drug-likeness (QED) is 0.844. The van der Waals surface area contributed by atoms with Gasteiger partial charge in [-0.1, -0.05) is 24.3 Å². The Balaban J connectivity index is 2.27. The van der Waals surface area contributed by atoms with Gasteiger partial charge in [-0.2, -0.15) is 0 Å². The third-order valence-corrected chi connectivity index (χ3v) is 5.47. The summed E-state index contributed by atoms with van der Waals surface area (Å²) in [5.41, 5.74) is 3.33. The maximum Gasteiger partial charge on any atom is 0.337 e. The number of hydrogen-bond donors (Lipinski definition) is 1. The van der Waals surface area contributed by atoms with Crippen LogP contribution < -0.4 is 4.72 Å². The highest BCUT2D eigenvalue weighted by atomic mass is 32.2. The van der Waals surface area contributed by atoms with Crippen LogP contribution in [0.1, 0.15) is 40.0 Å². The minimum atomic E-state index is -3.75. The van der Waals surface area contributed by atoms with Crippen molar-refractivity contribution in [3.8, 4) is 0 Å². The second-order valence-corrected chi connectivity index (χ2v) is 7.42. The van der Waals surface area contributed by atoms with Gasteiger partial charge in [0.2, 0.25) is 10.0 Å². The lowest BCUT2D eigenvalue weighted by molar-refractivity contribution is 0.0600. The van der Waals surface area contributed by atoms with E-state index in [1.165, 1.54) is 31.4 Å². The molecule has 1 atom stereocenters. The Morgan fingerprint density at radius 3 is 2.42 bits per heavy atom. The monoisotopic (exact) mass is 347 g/mol. The minimum absolute atomic E-state index is 0.0288. The maximum absolute atomic E-state index is 12.6. The summed E-state index contributed by atoms with van der Waals surface area (Å²) in [5.74, 6) is -0.575. The standard InChI is InChI=1S/C18H21NO4S/c1-12-8-9-15(10-13(12)2)14(3)19-24(21,22)17-7-5-6-16(11-17)18(20)23-4/h5-11,14,19H,1-4H3/t14-/m1/s1. The van der Waals surface area contributed by atoms with Crippen LogP contribution in [0.3, 0.4) is 0 Å². The van der Waals surface area contributed by atoms with Crippen molar-refractivity contribution in [2.24, 2.45) is 0 Å². The van der Waals surface area contributed by atoms with Gasteiger partial charge in [0.05, 0.1) is 17.6 Å². The molecule has 0 saturated heterocycles. The van der Waals surface area contributed by atoms with Crippen molar-refractivity contribution in [3.63, 3.8) is 0 Å². The fourth-order valence-electron chi connectivity index (χ4n) is 2.31. The molecule has 2 rings (SSSR count). The number of benzene rings is 2. The van der Waals surface area contributed by atoms with Gasteiger partial charge < -0.3 is 4.74 Å². The molecule has 5 nitrogen and oxygen atoms in total. The van der Waals surface area contributed by atoms with Crippen LogP contribution >= 0.6 is 0 Å². The second-order valence-electron chi connectivity index (χ2n) is 5.71. The third kappa shape index (κ3) is 4.01. The van der Waals surface area contributed by atoms with Crippen molar-refractivity contribution in [2.45, 2.75) is 31.7 Å². The predicted octanol–water partition coefficient (Wildman–Crippen LogP) is 3.13. The SMILES string of the molecule is COC(=O)c1cccc(S(=O)(=O)N[C@H](C)c2ccc(C)c(C)c2)c1. The van der Waals surface area contributed by atoms with E-state index in [1.54, 1.807) is 6.92 Å². The molecule has 0 saturated carbocycles. The molecule has 0 heterocycles. The Bertz CT molecular complexity index is 859. The number of esters is 1. The number of hydrogen-bond acceptors (Lipinski definition) is 4. The fourth-order valence-corrected chi connectivity index (χ4v) is 3.59. The lowest BCUT2D eigenvalue weighted by Crippen LogP contribution is -2.27. The van der Waals surface area contributed by atoms with Crippen molar-refractivity contribution >= 4 is 16.0 Å². The van der Waals surface area contributed by atoms with Crippen LogP contribution in [0.2, 0.25) is 0 Å². The summed E-state index contributed by atoms with van der Waals surface area (Å²) in [7, 11) is -2.50. The summed E-state index contributed by atoms with van der Waals surface area (Å²) >= 11 is 0. The number of ether oxygens (including phenoxy) is 1. The molecule has 128 valence electrons. The number of methoxy groups -OCH3 is 1. The molecule has 0 spiro atoms. The van der Waals surface area contributed by atoms with Gasteiger partial charge in [0.25, 0.3) is 0 Å². The van der Waals surface area contributed by atoms with Crippen LogP contribution in [0.5, 0.6) is 0 Å². The van der Waals surface area contributed by atoms with Crippen LogP contribution in [0, 0.1) is 13.8 Å². The van der Waals surface area contributed by atoms with Crippen molar-refractivity contribution in [3.05, 3.63) is 64.7 Å². The van der Waals surface area contributed by atoms with E-state index in [4.69, 9.17) is 0 Å². The summed E-state index contributed by atoms with van der Waals surface area (Å²) in [5, 5.41) is 0. The van der Waals surface area contributed by atoms with Crippen molar-refractivity contribution in [1.82, 2.24) is 4.72 Å². The Labute approximate surface area is 142 Å². The molecule has 0 aliphatic rings. The summed E-state index contributed by atoms with van der Waals surface area (Å²) in [6.07, 6.45) is 0. The number of nitrogens with one attached hydrogen (secondary N) is 1. The molecule has 0 radical (unpaired) electrons. The van der Waals surface area contributed by atoms with Gasteiger partial charge >= 0.3 is 5.97 Å². The first-order valence-corrected chi connectivity index (χ1v) is 9.01. The van der Waals surface area contributed by atoms with Gasteiger partial charge in [-0.15, -0.1) is 0 Å². The van der Waals surface area contributed by atoms with E-state index in [2.05, 4.69) is 9.46 Å². The summed E-state index contributed by atoms with van der Waals surface area (Å²) in [6.45, 7) is 5.78. The third-order valence-electron chi connectivity index (χ3n) is 3.93. The molecular weight excluding hydrogens is 326 g/mol. The average Bonchev–Trinajstić information content (AvgIpc) is 2.56. The van der Waals surface area contributed by atoms with Gasteiger partial charge in [0, 0.05) is 6.04 Å². The molecule has 0 aliphatic heterocycles. The molecule has 0 fully saturated rings. The van der Waals surface area contributed by atoms with E-state index in [0.29, 0.717) is 0 Å². The topological polar surface area (TPSA) is 72.5 Å². The lowest BCUT2D eigenvalue weighted by Gasteiger charge is -2.16. The first-order valence-electron chi connectivity index (χ1n) is 7.52. The van der Waals surface area contributed by atoms with E-state index < -0.39 is 22.0 Å². The van der Waals surface area contributed by atoms with Crippen LogP contribution in [0.15, 0.2) is 47.4 Å². The first kappa shape index (κ1) is 18.2. The summed E-state index contributed by atoms with van der Waals surface area (Å²) in [6, 6.07) is 11.2. The highest BCUT2D eigenvalue weighted by Crippen LogP contribution is 2.20. The number of sulfonamides is 1. The van der Waals surface area contributed by atoms with Crippen molar-refractivity contribution < 1.29 is 17.9 Å². The number of carbonyl (C=O) groups is 1. The lowest BCUT2D eigenvalue weighted by atomic mass is 10.0. The minimum Gasteiger partial charge on any atom is -0.465 e. The molecule has 2 aromatic carbocycles. The zero-order chi connectivity index (χ0) is 17.9. The highest BCUT2D eigenvalue weighted by molar-refractivity contribution is 7.89. The molecule has 2 aromatic rings. The summed E-state index contributed by atoms with van der Waals surface area (Å²) < 4.78 is 32.4. The first-order chi connectivity index (χ1) is 11.2. The van der Waals surface area contributed by atoms with E-state index in [-0.39, 0.29) is 10.5 Å². The van der Waals surface area contributed by atoms with Crippen LogP contribution in [-0.2, 0) is 14.8 Å². The molecule has 0 aliphatic carbocycles. The van der Waals surface area contributed by atoms with E-state index >= 15 is 0 Å². The van der Waals surface area contributed by atoms with Crippen molar-refractivity contribution in [2.75, 3.05) is 7.11 Å². The predicted molar refractivity (Wildman–Crippen MR) is 92.4 cm³/mol. The molecule has 0 unspecified atom stereocenters. The zero-order valence-corrected chi connectivity index (χ0v) is 15.0. The van der Waals surface area contributed by atoms with Crippen molar-refractivity contribution in [1.29, 1.82) is 0 Å². The molecule has 0 aromatic heterocycles. The van der Waals surface area contributed by atoms with E-state index in [0.717, 1.165) is 16.7 Å². The van der Waals surface area contributed by atoms with Gasteiger partial charge in [0.15, 0.2) is 0 Å². The van der Waals surface area contributed by atoms with E-state index in [9.17, 15) is 13.2 Å². The molecule has 1 N–H and O–H groups in total. The zero-order valence-electron chi connectivity index (χ0n) is 14.2. The smallest absolute Gasteiger partial charge is 0.337 e. The number of aryl methyl sites for hydroxylation is 2. The Hall–Kier alpha value is -2.18. The van der Waals surface area contributed by atoms with Gasteiger partial charge in [-0.3, -0.25) is 0 Å². The molecule has 6 heteroatoms. The fraction of sp³-hybridized carbons (Fsp3) is 0.278. The Morgan fingerprint density at radius 1 is 1.08 bits per heavy atom. The van der Waals surface area contributed by atoms with Crippen LogP contribution in [-0.4, -0.2) is 21.5 Å². The van der Waals surface area contributed by atoms with Crippen LogP contribution in [0.4, 0.5) is 0 Å². The normalized spacial score (nSPS) is 12.7. The largest absolute Gasteiger partial charge is 0.465 e. The number of carbonyl (C=O) groups excluding carboxylic acids is 1. The molecule has 0 amide bonds. The second kappa shape index (κ2) is 7.15. The van der Waals surface area contributed by atoms with Gasteiger partial charge in [-0.05, 0) is 55.7 Å². The Morgan fingerprint density at radius 2 is 1.79 bits per heavy atom.